The highest BCUT2D eigenvalue weighted by Gasteiger charge is 2.24. The Morgan fingerprint density at radius 2 is 0.880 bits per heavy atom. The average molecular weight is 1360 g/mol. The highest BCUT2D eigenvalue weighted by Crippen LogP contribution is 2.32. The fourth-order valence-corrected chi connectivity index (χ4v) is 13.4. The van der Waals surface area contributed by atoms with Crippen LogP contribution in [0.4, 0.5) is 0 Å². The zero-order valence-corrected chi connectivity index (χ0v) is 58.1. The number of piperidine rings is 1. The lowest BCUT2D eigenvalue weighted by molar-refractivity contribution is -0.136. The molecule has 2 amide bonds. The second kappa shape index (κ2) is 31.8. The Kier molecular flexibility index (Phi) is 21.8. The van der Waals surface area contributed by atoms with Crippen LogP contribution in [0.1, 0.15) is 111 Å². The van der Waals surface area contributed by atoms with Gasteiger partial charge in [0.05, 0.1) is 176 Å². The number of nitrogens with one attached hydrogen (secondary N) is 1. The van der Waals surface area contributed by atoms with Gasteiger partial charge in [0.15, 0.2) is 0 Å². The van der Waals surface area contributed by atoms with Crippen molar-refractivity contribution in [2.24, 2.45) is 5.92 Å². The van der Waals surface area contributed by atoms with Gasteiger partial charge in [-0.25, -0.2) is 28.5 Å². The van der Waals surface area contributed by atoms with Crippen LogP contribution in [-0.4, -0.2) is 213 Å². The standard InChI is InChI=1S/C25H34N8O.C23H29N9O.C23H28N8O2/c1-3-22(4-2)32-16-21(14-28-32)25-24-5-8-26-33(24)17-23(29-25)20-13-27-31(15-20)12-11-30-9-6-19(18-34)7-10-30;1-3-19(4-2)31-14-18(12-27-31)23-21-5-6-25-32(21)15-20(28-23)17-11-26-30(13-17)10-9-29-8-7-24-22(33)16-29;1-3-19(4-2)30-14-18(12-26-30)23-21-5-6-24-31(21)15-20(27-23)17-11-25-29(13-17)16-22(32)28-7-9-33-10-8-28/h5,8,13-17,19,22,34H,3-4,6-7,9-12,18H2,1-2H3;5-6,11-15,19H,3-4,7-10,16H2,1-2H3,(H,24,33);5-6,11-15,19H,3-4,7-10,16H2,1-2H3. The number of hydrogen-bond acceptors (Lipinski definition) is 18. The maximum Gasteiger partial charge on any atom is 0.244 e. The summed E-state index contributed by atoms with van der Waals surface area (Å²) in [6.45, 7) is 23.4. The molecular formula is C71H91N25O4. The highest BCUT2D eigenvalue weighted by molar-refractivity contribution is 5.81. The van der Waals surface area contributed by atoms with Crippen molar-refractivity contribution in [1.29, 1.82) is 0 Å². The molecule has 0 unspecified atom stereocenters. The van der Waals surface area contributed by atoms with Gasteiger partial charge in [-0.15, -0.1) is 0 Å². The summed E-state index contributed by atoms with van der Waals surface area (Å²) in [5.41, 5.74) is 13.4. The van der Waals surface area contributed by atoms with Gasteiger partial charge in [-0.1, -0.05) is 41.5 Å². The Morgan fingerprint density at radius 3 is 1.29 bits per heavy atom. The third-order valence-corrected chi connectivity index (χ3v) is 19.6. The lowest BCUT2D eigenvalue weighted by Gasteiger charge is -2.30. The number of amides is 2. The number of rotatable bonds is 24. The van der Waals surface area contributed by atoms with Crippen molar-refractivity contribution >= 4 is 28.4 Å². The van der Waals surface area contributed by atoms with Crippen molar-refractivity contribution in [3.63, 3.8) is 0 Å². The maximum absolute atomic E-state index is 12.6. The summed E-state index contributed by atoms with van der Waals surface area (Å²) in [5.74, 6) is 0.587. The van der Waals surface area contributed by atoms with E-state index in [-0.39, 0.29) is 18.4 Å². The largest absolute Gasteiger partial charge is 0.396 e. The van der Waals surface area contributed by atoms with Crippen LogP contribution in [0.3, 0.4) is 0 Å². The minimum Gasteiger partial charge on any atom is -0.396 e. The van der Waals surface area contributed by atoms with Gasteiger partial charge in [0, 0.05) is 116 Å². The van der Waals surface area contributed by atoms with E-state index in [0.717, 1.165) is 175 Å². The number of carbonyl (C=O) groups excluding carboxylic acids is 2. The average Bonchev–Trinajstić information content (AvgIpc) is 1.74. The van der Waals surface area contributed by atoms with Gasteiger partial charge in [-0.2, -0.15) is 45.9 Å². The van der Waals surface area contributed by atoms with E-state index in [0.29, 0.717) is 76.6 Å². The maximum atomic E-state index is 12.6. The van der Waals surface area contributed by atoms with Crippen molar-refractivity contribution in [3.05, 3.63) is 130 Å². The number of morpholine rings is 1. The number of carbonyl (C=O) groups is 2. The van der Waals surface area contributed by atoms with Gasteiger partial charge in [-0.05, 0) is 88.6 Å². The third-order valence-electron chi connectivity index (χ3n) is 19.6. The quantitative estimate of drug-likeness (QED) is 0.0573. The van der Waals surface area contributed by atoms with E-state index in [4.69, 9.17) is 19.7 Å². The summed E-state index contributed by atoms with van der Waals surface area (Å²) in [6, 6.07) is 7.05. The van der Waals surface area contributed by atoms with Crippen molar-refractivity contribution in [2.75, 3.05) is 78.7 Å². The van der Waals surface area contributed by atoms with E-state index < -0.39 is 0 Å². The number of hydrogen-bond donors (Lipinski definition) is 2. The van der Waals surface area contributed by atoms with Crippen molar-refractivity contribution in [1.82, 2.24) is 122 Å². The fraction of sp³-hybridized carbons (Fsp3) is 0.465. The number of likely N-dealkylation sites (tertiary alicyclic amines) is 1. The number of aliphatic hydroxyl groups is 1. The molecule has 0 saturated carbocycles. The second-order valence-corrected chi connectivity index (χ2v) is 25.9. The molecule has 3 aliphatic heterocycles. The number of fused-ring (bicyclic) bond motifs is 3. The molecule has 3 fully saturated rings. The van der Waals surface area contributed by atoms with Crippen LogP contribution < -0.4 is 5.32 Å². The van der Waals surface area contributed by atoms with Crippen molar-refractivity contribution in [3.8, 4) is 67.5 Å². The van der Waals surface area contributed by atoms with Crippen LogP contribution >= 0.6 is 0 Å². The van der Waals surface area contributed by atoms with Gasteiger partial charge in [-0.3, -0.25) is 42.6 Å². The molecule has 2 N–H and O–H groups in total. The number of piperazine rings is 1. The van der Waals surface area contributed by atoms with Gasteiger partial charge in [0.25, 0.3) is 0 Å². The van der Waals surface area contributed by atoms with Crippen molar-refractivity contribution in [2.45, 2.75) is 131 Å². The zero-order chi connectivity index (χ0) is 69.1. The molecular weight excluding hydrogens is 1270 g/mol. The topological polar surface area (TPSA) is 283 Å². The Balaban J connectivity index is 0.000000134. The van der Waals surface area contributed by atoms with Crippen LogP contribution in [-0.2, 0) is 34.0 Å². The minimum atomic E-state index is 0.0398. The lowest BCUT2D eigenvalue weighted by atomic mass is 9.98. The molecule has 100 heavy (non-hydrogen) atoms. The molecule has 0 atom stereocenters. The summed E-state index contributed by atoms with van der Waals surface area (Å²) in [5, 5.41) is 52.9. The highest BCUT2D eigenvalue weighted by atomic mass is 16.5. The molecule has 0 spiro atoms. The molecule has 15 heterocycles. The Morgan fingerprint density at radius 1 is 0.480 bits per heavy atom. The number of ether oxygens (including phenoxy) is 1. The van der Waals surface area contributed by atoms with Crippen LogP contribution in [0.15, 0.2) is 130 Å². The van der Waals surface area contributed by atoms with E-state index in [1.165, 1.54) is 0 Å². The predicted octanol–water partition coefficient (Wildman–Crippen LogP) is 8.45. The third kappa shape index (κ3) is 15.7. The van der Waals surface area contributed by atoms with E-state index in [1.54, 1.807) is 29.5 Å². The summed E-state index contributed by atoms with van der Waals surface area (Å²) >= 11 is 0. The molecule has 3 saturated heterocycles. The second-order valence-electron chi connectivity index (χ2n) is 25.9. The van der Waals surface area contributed by atoms with Crippen LogP contribution in [0.2, 0.25) is 0 Å². The number of nitrogens with zero attached hydrogens (tertiary/aromatic N) is 24. The molecule has 29 nitrogen and oxygen atoms in total. The first kappa shape index (κ1) is 68.4. The molecule has 0 radical (unpaired) electrons. The summed E-state index contributed by atoms with van der Waals surface area (Å²) in [6.07, 6.45) is 42.7. The molecule has 3 aliphatic rings. The molecule has 524 valence electrons. The molecule has 29 heteroatoms. The summed E-state index contributed by atoms with van der Waals surface area (Å²) < 4.78 is 22.6. The molecule has 12 aromatic heterocycles. The molecule has 12 aromatic rings. The van der Waals surface area contributed by atoms with E-state index in [2.05, 4.69) is 132 Å². The zero-order valence-electron chi connectivity index (χ0n) is 58.1. The molecule has 0 bridgehead atoms. The number of aromatic nitrogens is 21. The Hall–Kier alpha value is -10.1. The van der Waals surface area contributed by atoms with Gasteiger partial charge in [0.1, 0.15) is 6.54 Å². The van der Waals surface area contributed by atoms with Crippen LogP contribution in [0.25, 0.3) is 84.1 Å². The first-order valence-corrected chi connectivity index (χ1v) is 35.4. The first-order valence-electron chi connectivity index (χ1n) is 35.4. The summed E-state index contributed by atoms with van der Waals surface area (Å²) in [7, 11) is 0. The van der Waals surface area contributed by atoms with E-state index in [9.17, 15) is 14.7 Å². The van der Waals surface area contributed by atoms with Crippen LogP contribution in [0.5, 0.6) is 0 Å². The Labute approximate surface area is 580 Å². The normalized spacial score (nSPS) is 15.0. The van der Waals surface area contributed by atoms with Gasteiger partial charge >= 0.3 is 0 Å². The summed E-state index contributed by atoms with van der Waals surface area (Å²) in [4.78, 5) is 45.5. The van der Waals surface area contributed by atoms with Crippen molar-refractivity contribution < 1.29 is 19.4 Å². The van der Waals surface area contributed by atoms with Crippen LogP contribution in [0, 0.1) is 5.92 Å². The first-order chi connectivity index (χ1) is 49.0. The van der Waals surface area contributed by atoms with E-state index in [1.807, 2.05) is 117 Å². The molecule has 0 aromatic carbocycles. The van der Waals surface area contributed by atoms with Gasteiger partial charge < -0.3 is 25.0 Å². The molecule has 0 aliphatic carbocycles. The van der Waals surface area contributed by atoms with E-state index >= 15 is 0 Å². The fourth-order valence-electron chi connectivity index (χ4n) is 13.4. The number of aliphatic hydroxyl groups excluding tert-OH is 1. The minimum absolute atomic E-state index is 0.0398. The smallest absolute Gasteiger partial charge is 0.244 e. The lowest BCUT2D eigenvalue weighted by Crippen LogP contribution is -2.48. The predicted molar refractivity (Wildman–Crippen MR) is 378 cm³/mol. The van der Waals surface area contributed by atoms with Gasteiger partial charge in [0.2, 0.25) is 11.8 Å². The SMILES string of the molecule is CCC(CC)n1cc(-c2nc(-c3cnn(CC(=O)N4CCOCC4)c3)cn3nccc23)cn1.CCC(CC)n1cc(-c2nc(-c3cnn(CCN4CCC(CO)CC4)c3)cn3nccc23)cn1.CCC(CC)n1cc(-c2nc(-c3cnn(CCN4CCNC(=O)C4)c3)cn3nccc23)cn1. The molecule has 15 rings (SSSR count). The monoisotopic (exact) mass is 1360 g/mol. The Bertz CT molecular complexity index is 4630.